The van der Waals surface area contributed by atoms with Crippen molar-refractivity contribution in [3.8, 4) is 5.69 Å². The van der Waals surface area contributed by atoms with Gasteiger partial charge < -0.3 is 14.6 Å². The molecule has 0 spiro atoms. The van der Waals surface area contributed by atoms with Crippen molar-refractivity contribution in [1.82, 2.24) is 29.8 Å². The van der Waals surface area contributed by atoms with Crippen LogP contribution in [0.25, 0.3) is 5.69 Å². The lowest BCUT2D eigenvalue weighted by molar-refractivity contribution is 0.151. The lowest BCUT2D eigenvalue weighted by atomic mass is 9.97. The molecule has 1 saturated heterocycles. The molecule has 1 aliphatic rings. The molecule has 3 aromatic rings. The van der Waals surface area contributed by atoms with Gasteiger partial charge in [-0.15, -0.1) is 12.4 Å². The van der Waals surface area contributed by atoms with Crippen LogP contribution >= 0.6 is 12.4 Å². The van der Waals surface area contributed by atoms with Crippen molar-refractivity contribution in [2.75, 3.05) is 20.2 Å². The minimum absolute atomic E-state index is 0. The fourth-order valence-corrected chi connectivity index (χ4v) is 3.36. The molecule has 0 saturated carbocycles. The molecule has 0 unspecified atom stereocenters. The van der Waals surface area contributed by atoms with Crippen LogP contribution in [-0.2, 0) is 17.9 Å². The number of piperidine rings is 1. The molecule has 0 atom stereocenters. The summed E-state index contributed by atoms with van der Waals surface area (Å²) in [5.41, 5.74) is 0.614. The van der Waals surface area contributed by atoms with E-state index in [1.807, 2.05) is 30.3 Å². The van der Waals surface area contributed by atoms with Gasteiger partial charge >= 0.3 is 5.69 Å². The Hall–Kier alpha value is -2.49. The minimum atomic E-state index is -0.201. The monoisotopic (exact) mass is 406 g/mol. The highest BCUT2D eigenvalue weighted by molar-refractivity contribution is 5.85. The van der Waals surface area contributed by atoms with Crippen LogP contribution in [0.15, 0.2) is 39.6 Å². The van der Waals surface area contributed by atoms with E-state index in [4.69, 9.17) is 9.26 Å². The zero-order valence-electron chi connectivity index (χ0n) is 15.6. The molecule has 0 radical (unpaired) electrons. The van der Waals surface area contributed by atoms with Crippen LogP contribution in [0.4, 0.5) is 0 Å². The van der Waals surface area contributed by atoms with Crippen LogP contribution < -0.4 is 11.0 Å². The predicted octanol–water partition coefficient (Wildman–Crippen LogP) is 1.50. The number of halogens is 1. The van der Waals surface area contributed by atoms with Gasteiger partial charge in [-0.05, 0) is 38.1 Å². The van der Waals surface area contributed by atoms with Crippen molar-refractivity contribution in [2.24, 2.45) is 0 Å². The summed E-state index contributed by atoms with van der Waals surface area (Å²) in [5.74, 6) is 1.79. The number of nitrogens with zero attached hydrogens (tertiary/aromatic N) is 5. The fourth-order valence-electron chi connectivity index (χ4n) is 3.36. The smallest absolute Gasteiger partial charge is 0.351 e. The Labute approximate surface area is 168 Å². The van der Waals surface area contributed by atoms with Crippen LogP contribution in [0.2, 0.25) is 0 Å². The summed E-state index contributed by atoms with van der Waals surface area (Å²) in [4.78, 5) is 17.3. The molecule has 0 amide bonds. The normalized spacial score (nSPS) is 14.8. The van der Waals surface area contributed by atoms with E-state index >= 15 is 0 Å². The molecule has 1 N–H and O–H groups in total. The first kappa shape index (κ1) is 20.2. The molecule has 1 aromatic carbocycles. The van der Waals surface area contributed by atoms with E-state index in [9.17, 15) is 4.79 Å². The molecule has 1 aliphatic heterocycles. The third-order valence-electron chi connectivity index (χ3n) is 4.65. The summed E-state index contributed by atoms with van der Waals surface area (Å²) in [5, 5.41) is 11.9. The van der Waals surface area contributed by atoms with E-state index in [1.165, 1.54) is 4.68 Å². The Morgan fingerprint density at radius 3 is 2.71 bits per heavy atom. The summed E-state index contributed by atoms with van der Waals surface area (Å²) in [7, 11) is 1.56. The summed E-state index contributed by atoms with van der Waals surface area (Å²) in [6.07, 6.45) is 1.90. The first-order chi connectivity index (χ1) is 13.3. The molecular weight excluding hydrogens is 384 g/mol. The number of methoxy groups -OCH3 is 1. The third-order valence-corrected chi connectivity index (χ3v) is 4.65. The molecule has 10 heteroatoms. The number of nitrogens with one attached hydrogen (secondary N) is 1. The Bertz CT molecular complexity index is 946. The topological polar surface area (TPSA) is 100 Å². The first-order valence-corrected chi connectivity index (χ1v) is 9.02. The van der Waals surface area contributed by atoms with Crippen LogP contribution in [0.1, 0.15) is 36.3 Å². The molecule has 9 nitrogen and oxygen atoms in total. The van der Waals surface area contributed by atoms with Crippen LogP contribution in [-0.4, -0.2) is 44.7 Å². The van der Waals surface area contributed by atoms with E-state index in [0.717, 1.165) is 37.4 Å². The molecule has 28 heavy (non-hydrogen) atoms. The summed E-state index contributed by atoms with van der Waals surface area (Å²) in [6.45, 7) is 2.24. The number of hydrogen-bond acceptors (Lipinski definition) is 7. The number of rotatable bonds is 6. The number of hydrogen-bond donors (Lipinski definition) is 1. The van der Waals surface area contributed by atoms with Gasteiger partial charge in [0.05, 0.1) is 5.69 Å². The van der Waals surface area contributed by atoms with Gasteiger partial charge in [-0.1, -0.05) is 23.4 Å². The number of para-hydroxylation sites is 1. The molecule has 3 heterocycles. The standard InChI is InChI=1S/C18H22N6O3.ClH/c1-26-12-16-20-15(22-27-16)11-23-18(25)24(14-5-3-2-4-6-14)17(21-23)13-7-9-19-10-8-13;/h2-6,13,19H,7-12H2,1H3;1H. The van der Waals surface area contributed by atoms with Gasteiger partial charge in [0, 0.05) is 13.0 Å². The van der Waals surface area contributed by atoms with E-state index in [2.05, 4.69) is 20.6 Å². The van der Waals surface area contributed by atoms with Crippen molar-refractivity contribution < 1.29 is 9.26 Å². The highest BCUT2D eigenvalue weighted by Crippen LogP contribution is 2.24. The van der Waals surface area contributed by atoms with Crippen molar-refractivity contribution in [2.45, 2.75) is 31.9 Å². The number of ether oxygens (including phenoxy) is 1. The fraction of sp³-hybridized carbons (Fsp3) is 0.444. The van der Waals surface area contributed by atoms with E-state index in [1.54, 1.807) is 11.7 Å². The zero-order valence-corrected chi connectivity index (χ0v) is 16.4. The average molecular weight is 407 g/mol. The Morgan fingerprint density at radius 2 is 2.00 bits per heavy atom. The first-order valence-electron chi connectivity index (χ1n) is 9.02. The SMILES string of the molecule is COCc1nc(Cn2nc(C3CCNCC3)n(-c3ccccc3)c2=O)no1.Cl. The second-order valence-corrected chi connectivity index (χ2v) is 6.53. The van der Waals surface area contributed by atoms with Crippen molar-refractivity contribution in [3.63, 3.8) is 0 Å². The van der Waals surface area contributed by atoms with Crippen molar-refractivity contribution in [1.29, 1.82) is 0 Å². The zero-order chi connectivity index (χ0) is 18.6. The summed E-state index contributed by atoms with van der Waals surface area (Å²) >= 11 is 0. The third kappa shape index (κ3) is 4.16. The Balaban J connectivity index is 0.00000225. The molecule has 0 aliphatic carbocycles. The van der Waals surface area contributed by atoms with Gasteiger partial charge in [-0.25, -0.2) is 14.0 Å². The number of benzene rings is 1. The Kier molecular flexibility index (Phi) is 6.61. The van der Waals surface area contributed by atoms with Crippen LogP contribution in [0.3, 0.4) is 0 Å². The lowest BCUT2D eigenvalue weighted by Crippen LogP contribution is -2.29. The van der Waals surface area contributed by atoms with Gasteiger partial charge in [-0.3, -0.25) is 0 Å². The van der Waals surface area contributed by atoms with Gasteiger partial charge in [-0.2, -0.15) is 10.1 Å². The maximum atomic E-state index is 13.1. The maximum absolute atomic E-state index is 13.1. The minimum Gasteiger partial charge on any atom is -0.375 e. The van der Waals surface area contributed by atoms with E-state index < -0.39 is 0 Å². The number of aromatic nitrogens is 5. The highest BCUT2D eigenvalue weighted by atomic mass is 35.5. The second kappa shape index (κ2) is 9.13. The van der Waals surface area contributed by atoms with Gasteiger partial charge in [0.15, 0.2) is 5.82 Å². The lowest BCUT2D eigenvalue weighted by Gasteiger charge is -2.22. The quantitative estimate of drug-likeness (QED) is 0.662. The maximum Gasteiger partial charge on any atom is 0.351 e. The largest absolute Gasteiger partial charge is 0.375 e. The highest BCUT2D eigenvalue weighted by Gasteiger charge is 2.25. The van der Waals surface area contributed by atoms with Gasteiger partial charge in [0.25, 0.3) is 5.89 Å². The van der Waals surface area contributed by atoms with Gasteiger partial charge in [0.2, 0.25) is 0 Å². The van der Waals surface area contributed by atoms with E-state index in [0.29, 0.717) is 11.7 Å². The summed E-state index contributed by atoms with van der Waals surface area (Å²) in [6, 6.07) is 9.61. The average Bonchev–Trinajstić information content (AvgIpc) is 3.28. The summed E-state index contributed by atoms with van der Waals surface area (Å²) < 4.78 is 13.2. The van der Waals surface area contributed by atoms with E-state index in [-0.39, 0.29) is 37.2 Å². The predicted molar refractivity (Wildman–Crippen MR) is 104 cm³/mol. The molecule has 150 valence electrons. The van der Waals surface area contributed by atoms with Crippen LogP contribution in [0.5, 0.6) is 0 Å². The van der Waals surface area contributed by atoms with Gasteiger partial charge in [0.1, 0.15) is 19.0 Å². The van der Waals surface area contributed by atoms with Crippen molar-refractivity contribution >= 4 is 12.4 Å². The molecule has 2 aromatic heterocycles. The molecule has 4 rings (SSSR count). The Morgan fingerprint density at radius 1 is 1.25 bits per heavy atom. The molecule has 0 bridgehead atoms. The van der Waals surface area contributed by atoms with Crippen LogP contribution in [0, 0.1) is 0 Å². The molecule has 1 fully saturated rings. The molecular formula is C18H23ClN6O3. The second-order valence-electron chi connectivity index (χ2n) is 6.53. The van der Waals surface area contributed by atoms with Crippen molar-refractivity contribution in [3.05, 3.63) is 58.4 Å².